The lowest BCUT2D eigenvalue weighted by atomic mass is 9.93. The van der Waals surface area contributed by atoms with Gasteiger partial charge in [0.2, 0.25) is 5.91 Å². The smallest absolute Gasteiger partial charge is 0.326 e. The number of amides is 1. The monoisotopic (exact) mass is 464 g/mol. The fourth-order valence-electron chi connectivity index (χ4n) is 4.06. The first-order chi connectivity index (χ1) is 15.4. The molecule has 2 aromatic carbocycles. The summed E-state index contributed by atoms with van der Waals surface area (Å²) in [5.74, 6) is -1.80. The number of nitrogens with zero attached hydrogens (tertiary/aromatic N) is 1. The van der Waals surface area contributed by atoms with Crippen molar-refractivity contribution in [1.82, 2.24) is 10.2 Å². The van der Waals surface area contributed by atoms with Crippen molar-refractivity contribution in [3.63, 3.8) is 0 Å². The van der Waals surface area contributed by atoms with Crippen LogP contribution in [0.3, 0.4) is 0 Å². The van der Waals surface area contributed by atoms with Crippen molar-refractivity contribution in [3.8, 4) is 0 Å². The minimum absolute atomic E-state index is 0. The number of aliphatic carboxylic acids is 1. The minimum Gasteiger partial charge on any atom is -0.480 e. The molecule has 8 heteroatoms. The molecule has 0 aromatic heterocycles. The van der Waals surface area contributed by atoms with Gasteiger partial charge in [0.25, 0.3) is 0 Å². The van der Waals surface area contributed by atoms with Crippen molar-refractivity contribution in [2.75, 3.05) is 6.61 Å². The minimum atomic E-state index is -1.04. The van der Waals surface area contributed by atoms with E-state index in [1.165, 1.54) is 4.90 Å². The van der Waals surface area contributed by atoms with Crippen LogP contribution in [-0.2, 0) is 38.5 Å². The van der Waals surface area contributed by atoms with Gasteiger partial charge >= 0.3 is 35.0 Å². The third-order valence-corrected chi connectivity index (χ3v) is 5.77. The highest BCUT2D eigenvalue weighted by atomic mass is 24.3. The molecule has 0 saturated heterocycles. The molecular formula is C25H32MgN2O5. The predicted octanol–water partition coefficient (Wildman–Crippen LogP) is 1.65. The number of ether oxygens (including phenoxy) is 1. The van der Waals surface area contributed by atoms with Gasteiger partial charge in [0.05, 0.1) is 12.6 Å². The number of aryl methyl sites for hydroxylation is 1. The molecule has 1 amide bonds. The summed E-state index contributed by atoms with van der Waals surface area (Å²) in [5.41, 5.74) is 2.97. The number of nitrogens with one attached hydrogen (secondary N) is 1. The number of esters is 1. The van der Waals surface area contributed by atoms with Gasteiger partial charge in [0.15, 0.2) is 0 Å². The Morgan fingerprint density at radius 1 is 1.09 bits per heavy atom. The van der Waals surface area contributed by atoms with Crippen LogP contribution in [0.5, 0.6) is 0 Å². The standard InChI is InChI=1S/C25H30N2O5.Mg.2H/c1-3-32-25(31)21(14-13-18-9-5-4-6-10-18)26-17(2)23(28)27-16-20-12-8-7-11-19(20)15-22(27)24(29)30;;;/h4-12,17,21-22,26H,3,13-16H2,1-2H3,(H,29,30);;;/t17-,21-,22-;;;/m0.../s1. The molecule has 0 radical (unpaired) electrons. The molecule has 0 aliphatic carbocycles. The highest BCUT2D eigenvalue weighted by Gasteiger charge is 2.37. The fraction of sp³-hybridized carbons (Fsp3) is 0.400. The van der Waals surface area contributed by atoms with E-state index in [1.807, 2.05) is 54.6 Å². The Bertz CT molecular complexity index is 953. The lowest BCUT2D eigenvalue weighted by Gasteiger charge is -2.36. The largest absolute Gasteiger partial charge is 0.480 e. The van der Waals surface area contributed by atoms with Crippen LogP contribution in [0.4, 0.5) is 0 Å². The lowest BCUT2D eigenvalue weighted by molar-refractivity contribution is -0.153. The Hall–Kier alpha value is -2.42. The number of carboxylic acid groups (broad SMARTS) is 1. The van der Waals surface area contributed by atoms with Crippen molar-refractivity contribution < 1.29 is 24.2 Å². The molecule has 2 N–H and O–H groups in total. The number of hydrogen-bond donors (Lipinski definition) is 2. The molecule has 0 spiro atoms. The van der Waals surface area contributed by atoms with E-state index in [1.54, 1.807) is 13.8 Å². The maximum absolute atomic E-state index is 13.3. The molecule has 3 atom stereocenters. The molecule has 7 nitrogen and oxygen atoms in total. The summed E-state index contributed by atoms with van der Waals surface area (Å²) in [5, 5.41) is 12.8. The lowest BCUT2D eigenvalue weighted by Crippen LogP contribution is -2.56. The zero-order valence-electron chi connectivity index (χ0n) is 18.5. The molecular weight excluding hydrogens is 433 g/mol. The van der Waals surface area contributed by atoms with E-state index in [4.69, 9.17) is 4.74 Å². The Balaban J connectivity index is 0.00000385. The van der Waals surface area contributed by atoms with Crippen LogP contribution in [0.1, 0.15) is 37.0 Å². The second kappa shape index (κ2) is 12.7. The molecule has 1 aliphatic rings. The number of carbonyl (C=O) groups is 3. The Labute approximate surface area is 210 Å². The van der Waals surface area contributed by atoms with Crippen LogP contribution < -0.4 is 5.32 Å². The number of fused-ring (bicyclic) bond motifs is 1. The summed E-state index contributed by atoms with van der Waals surface area (Å²) in [6, 6.07) is 15.0. The van der Waals surface area contributed by atoms with E-state index in [9.17, 15) is 19.5 Å². The molecule has 3 rings (SSSR count). The molecule has 0 fully saturated rings. The molecule has 2 aromatic rings. The van der Waals surface area contributed by atoms with Crippen molar-refractivity contribution >= 4 is 40.9 Å². The average molecular weight is 465 g/mol. The number of carboxylic acids is 1. The Morgan fingerprint density at radius 2 is 1.73 bits per heavy atom. The van der Waals surface area contributed by atoms with Gasteiger partial charge in [-0.1, -0.05) is 54.6 Å². The van der Waals surface area contributed by atoms with Gasteiger partial charge in [-0.25, -0.2) is 4.79 Å². The zero-order valence-corrected chi connectivity index (χ0v) is 18.5. The van der Waals surface area contributed by atoms with Crippen LogP contribution in [-0.4, -0.2) is 75.6 Å². The highest BCUT2D eigenvalue weighted by Crippen LogP contribution is 2.24. The molecule has 0 saturated carbocycles. The van der Waals surface area contributed by atoms with Gasteiger partial charge in [0.1, 0.15) is 12.1 Å². The van der Waals surface area contributed by atoms with E-state index < -0.39 is 30.1 Å². The van der Waals surface area contributed by atoms with Crippen LogP contribution in [0, 0.1) is 0 Å². The van der Waals surface area contributed by atoms with Crippen molar-refractivity contribution in [2.24, 2.45) is 0 Å². The molecule has 1 aliphatic heterocycles. The van der Waals surface area contributed by atoms with Crippen LogP contribution in [0.2, 0.25) is 0 Å². The molecule has 0 unspecified atom stereocenters. The average Bonchev–Trinajstić information content (AvgIpc) is 2.80. The summed E-state index contributed by atoms with van der Waals surface area (Å²) >= 11 is 0. The SMILES string of the molecule is CCOC(=O)[C@H](CCc1ccccc1)N[C@@H](C)C(=O)N1Cc2ccccc2C[C@H]1C(=O)O.[MgH2]. The van der Waals surface area contributed by atoms with Gasteiger partial charge in [0, 0.05) is 13.0 Å². The van der Waals surface area contributed by atoms with Gasteiger partial charge in [-0.3, -0.25) is 14.9 Å². The summed E-state index contributed by atoms with van der Waals surface area (Å²) < 4.78 is 5.20. The second-order valence-corrected chi connectivity index (χ2v) is 8.01. The summed E-state index contributed by atoms with van der Waals surface area (Å²) in [6.45, 7) is 3.88. The van der Waals surface area contributed by atoms with Crippen LogP contribution in [0.25, 0.3) is 0 Å². The topological polar surface area (TPSA) is 95.9 Å². The van der Waals surface area contributed by atoms with E-state index in [0.29, 0.717) is 12.8 Å². The number of hydrogen-bond acceptors (Lipinski definition) is 5. The van der Waals surface area contributed by atoms with Crippen molar-refractivity contribution in [3.05, 3.63) is 71.3 Å². The van der Waals surface area contributed by atoms with E-state index in [2.05, 4.69) is 5.32 Å². The third kappa shape index (κ3) is 7.03. The second-order valence-electron chi connectivity index (χ2n) is 8.01. The first kappa shape index (κ1) is 26.8. The molecule has 33 heavy (non-hydrogen) atoms. The van der Waals surface area contributed by atoms with Crippen LogP contribution in [0.15, 0.2) is 54.6 Å². The molecule has 1 heterocycles. The van der Waals surface area contributed by atoms with Crippen molar-refractivity contribution in [2.45, 2.75) is 57.8 Å². The molecule has 174 valence electrons. The normalized spacial score (nSPS) is 16.7. The number of benzene rings is 2. The van der Waals surface area contributed by atoms with Gasteiger partial charge in [-0.05, 0) is 43.4 Å². The summed E-state index contributed by atoms with van der Waals surface area (Å²) in [7, 11) is 0. The predicted molar refractivity (Wildman–Crippen MR) is 128 cm³/mol. The van der Waals surface area contributed by atoms with Crippen molar-refractivity contribution in [1.29, 1.82) is 0 Å². The Morgan fingerprint density at radius 3 is 2.36 bits per heavy atom. The molecule has 0 bridgehead atoms. The zero-order chi connectivity index (χ0) is 23.1. The van der Waals surface area contributed by atoms with E-state index >= 15 is 0 Å². The van der Waals surface area contributed by atoms with E-state index in [-0.39, 0.29) is 48.5 Å². The highest BCUT2D eigenvalue weighted by molar-refractivity contribution is 5.88. The number of rotatable bonds is 9. The maximum atomic E-state index is 13.3. The first-order valence-electron chi connectivity index (χ1n) is 11.0. The third-order valence-electron chi connectivity index (χ3n) is 5.77. The Kier molecular flexibility index (Phi) is 10.3. The van der Waals surface area contributed by atoms with Gasteiger partial charge in [-0.15, -0.1) is 0 Å². The summed E-state index contributed by atoms with van der Waals surface area (Å²) in [6.07, 6.45) is 1.37. The van der Waals surface area contributed by atoms with E-state index in [0.717, 1.165) is 16.7 Å². The fourth-order valence-corrected chi connectivity index (χ4v) is 4.06. The van der Waals surface area contributed by atoms with Gasteiger partial charge < -0.3 is 14.7 Å². The van der Waals surface area contributed by atoms with Gasteiger partial charge in [-0.2, -0.15) is 0 Å². The summed E-state index contributed by atoms with van der Waals surface area (Å²) in [4.78, 5) is 39.1. The maximum Gasteiger partial charge on any atom is 0.326 e. The number of carbonyl (C=O) groups excluding carboxylic acids is 2. The quantitative estimate of drug-likeness (QED) is 0.433. The first-order valence-corrected chi connectivity index (χ1v) is 11.0. The van der Waals surface area contributed by atoms with Crippen LogP contribution >= 0.6 is 0 Å².